The Bertz CT molecular complexity index is 478. The Kier molecular flexibility index (Phi) is 5.03. The number of rotatable bonds is 4. The topological polar surface area (TPSA) is 65.5 Å². The van der Waals surface area contributed by atoms with Gasteiger partial charge in [-0.25, -0.2) is 4.39 Å². The van der Waals surface area contributed by atoms with Gasteiger partial charge in [-0.15, -0.1) is 0 Å². The van der Waals surface area contributed by atoms with E-state index in [2.05, 4.69) is 9.72 Å². The van der Waals surface area contributed by atoms with Crippen molar-refractivity contribution in [1.82, 2.24) is 4.98 Å². The number of halogens is 2. The number of methoxy groups -OCH3 is 1. The van der Waals surface area contributed by atoms with E-state index in [0.717, 1.165) is 6.20 Å². The lowest BCUT2D eigenvalue weighted by molar-refractivity contribution is -0.142. The van der Waals surface area contributed by atoms with E-state index in [1.807, 2.05) is 0 Å². The van der Waals surface area contributed by atoms with Gasteiger partial charge in [-0.05, 0) is 0 Å². The van der Waals surface area contributed by atoms with Gasteiger partial charge in [0.1, 0.15) is 6.61 Å². The number of aromatic nitrogens is 1. The molecule has 0 bridgehead atoms. The molecule has 0 saturated heterocycles. The van der Waals surface area contributed by atoms with E-state index in [1.54, 1.807) is 0 Å². The molecule has 0 aliphatic heterocycles. The van der Waals surface area contributed by atoms with Crippen molar-refractivity contribution in [2.75, 3.05) is 7.11 Å². The van der Waals surface area contributed by atoms with Gasteiger partial charge in [0.2, 0.25) is 0 Å². The molecule has 0 atom stereocenters. The van der Waals surface area contributed by atoms with Crippen LogP contribution in [0.5, 0.6) is 0 Å². The molecular weight excluding hydrogens is 265 g/mol. The van der Waals surface area contributed by atoms with E-state index in [1.165, 1.54) is 14.0 Å². The van der Waals surface area contributed by atoms with Crippen LogP contribution in [-0.4, -0.2) is 24.0 Å². The van der Waals surface area contributed by atoms with Gasteiger partial charge < -0.3 is 9.47 Å². The fourth-order valence-electron chi connectivity index (χ4n) is 1.23. The lowest BCUT2D eigenvalue weighted by Crippen LogP contribution is -2.11. The van der Waals surface area contributed by atoms with Gasteiger partial charge in [-0.2, -0.15) is 0 Å². The highest BCUT2D eigenvalue weighted by molar-refractivity contribution is 6.31. The Morgan fingerprint density at radius 2 is 2.17 bits per heavy atom. The highest BCUT2D eigenvalue weighted by Gasteiger charge is 2.17. The monoisotopic (exact) mass is 275 g/mol. The Labute approximate surface area is 108 Å². The molecule has 0 radical (unpaired) electrons. The second-order valence-corrected chi connectivity index (χ2v) is 3.76. The Morgan fingerprint density at radius 3 is 2.72 bits per heavy atom. The average Bonchev–Trinajstić information content (AvgIpc) is 2.33. The van der Waals surface area contributed by atoms with E-state index >= 15 is 0 Å². The van der Waals surface area contributed by atoms with E-state index < -0.39 is 17.8 Å². The standard InChI is InChI=1S/C11H11ClFNO4/c1-6(15)18-5-9-7(3-10(16)17-2)11(12)8(13)4-14-9/h4H,3,5H2,1-2H3. The molecule has 1 rings (SSSR count). The molecule has 7 heteroatoms. The Morgan fingerprint density at radius 1 is 1.50 bits per heavy atom. The molecule has 0 aliphatic carbocycles. The predicted molar refractivity (Wildman–Crippen MR) is 60.4 cm³/mol. The zero-order valence-electron chi connectivity index (χ0n) is 9.83. The molecule has 0 aliphatic rings. The van der Waals surface area contributed by atoms with Crippen molar-refractivity contribution in [1.29, 1.82) is 0 Å². The largest absolute Gasteiger partial charge is 0.469 e. The van der Waals surface area contributed by atoms with Crippen LogP contribution < -0.4 is 0 Å². The number of carbonyl (C=O) groups is 2. The molecule has 0 unspecified atom stereocenters. The highest BCUT2D eigenvalue weighted by Crippen LogP contribution is 2.23. The minimum Gasteiger partial charge on any atom is -0.469 e. The van der Waals surface area contributed by atoms with Crippen LogP contribution >= 0.6 is 11.6 Å². The molecule has 0 spiro atoms. The number of nitrogens with zero attached hydrogens (tertiary/aromatic N) is 1. The van der Waals surface area contributed by atoms with Crippen molar-refractivity contribution in [2.45, 2.75) is 20.0 Å². The number of esters is 2. The summed E-state index contributed by atoms with van der Waals surface area (Å²) >= 11 is 5.75. The van der Waals surface area contributed by atoms with Crippen LogP contribution in [0.4, 0.5) is 4.39 Å². The van der Waals surface area contributed by atoms with Crippen LogP contribution in [0.2, 0.25) is 5.02 Å². The number of hydrogen-bond acceptors (Lipinski definition) is 5. The maximum atomic E-state index is 13.3. The van der Waals surface area contributed by atoms with Crippen LogP contribution in [-0.2, 0) is 32.1 Å². The summed E-state index contributed by atoms with van der Waals surface area (Å²) in [5.41, 5.74) is 0.381. The fourth-order valence-corrected chi connectivity index (χ4v) is 1.46. The first-order chi connectivity index (χ1) is 8.45. The normalized spacial score (nSPS) is 10.0. The first-order valence-electron chi connectivity index (χ1n) is 4.97. The lowest BCUT2D eigenvalue weighted by Gasteiger charge is -2.10. The maximum absolute atomic E-state index is 13.3. The first kappa shape index (κ1) is 14.4. The highest BCUT2D eigenvalue weighted by atomic mass is 35.5. The minimum atomic E-state index is -0.748. The molecule has 5 nitrogen and oxygen atoms in total. The fraction of sp³-hybridized carbons (Fsp3) is 0.364. The second kappa shape index (κ2) is 6.30. The smallest absolute Gasteiger partial charge is 0.310 e. The molecule has 0 N–H and O–H groups in total. The van der Waals surface area contributed by atoms with Crippen molar-refractivity contribution in [3.63, 3.8) is 0 Å². The summed E-state index contributed by atoms with van der Waals surface area (Å²) < 4.78 is 22.5. The Hall–Kier alpha value is -1.69. The van der Waals surface area contributed by atoms with Crippen molar-refractivity contribution in [3.8, 4) is 0 Å². The maximum Gasteiger partial charge on any atom is 0.310 e. The molecule has 0 saturated carbocycles. The molecule has 98 valence electrons. The SMILES string of the molecule is COC(=O)Cc1c(COC(C)=O)ncc(F)c1Cl. The number of ether oxygens (including phenoxy) is 2. The van der Waals surface area contributed by atoms with Crippen LogP contribution in [0.1, 0.15) is 18.2 Å². The molecular formula is C11H11ClFNO4. The molecule has 0 aromatic carbocycles. The number of pyridine rings is 1. The molecule has 1 heterocycles. The Balaban J connectivity index is 3.04. The molecule has 0 amide bonds. The molecule has 1 aromatic rings. The summed E-state index contributed by atoms with van der Waals surface area (Å²) in [5.74, 6) is -1.85. The van der Waals surface area contributed by atoms with Crippen LogP contribution in [0, 0.1) is 5.82 Å². The van der Waals surface area contributed by atoms with Crippen molar-refractivity contribution < 1.29 is 23.5 Å². The quantitative estimate of drug-likeness (QED) is 0.782. The molecule has 1 aromatic heterocycles. The lowest BCUT2D eigenvalue weighted by atomic mass is 10.1. The van der Waals surface area contributed by atoms with Crippen LogP contribution in [0.3, 0.4) is 0 Å². The molecule has 0 fully saturated rings. The van der Waals surface area contributed by atoms with Gasteiger partial charge >= 0.3 is 11.9 Å². The third kappa shape index (κ3) is 3.66. The van der Waals surface area contributed by atoms with Crippen molar-refractivity contribution in [3.05, 3.63) is 28.3 Å². The first-order valence-corrected chi connectivity index (χ1v) is 5.35. The van der Waals surface area contributed by atoms with Gasteiger partial charge in [0.15, 0.2) is 5.82 Å². The minimum absolute atomic E-state index is 0.157. The number of carbonyl (C=O) groups excluding carboxylic acids is 2. The van der Waals surface area contributed by atoms with E-state index in [0.29, 0.717) is 0 Å². The van der Waals surface area contributed by atoms with E-state index in [4.69, 9.17) is 16.3 Å². The van der Waals surface area contributed by atoms with Crippen molar-refractivity contribution in [2.24, 2.45) is 0 Å². The third-order valence-corrected chi connectivity index (χ3v) is 2.53. The summed E-state index contributed by atoms with van der Waals surface area (Å²) in [6.45, 7) is 1.05. The summed E-state index contributed by atoms with van der Waals surface area (Å²) in [5, 5.41) is -0.224. The summed E-state index contributed by atoms with van der Waals surface area (Å²) in [6.07, 6.45) is 0.665. The van der Waals surface area contributed by atoms with Crippen LogP contribution in [0.15, 0.2) is 6.20 Å². The van der Waals surface area contributed by atoms with Gasteiger partial charge in [0, 0.05) is 12.5 Å². The van der Waals surface area contributed by atoms with Gasteiger partial charge in [-0.3, -0.25) is 14.6 Å². The zero-order chi connectivity index (χ0) is 13.7. The van der Waals surface area contributed by atoms with E-state index in [-0.39, 0.29) is 29.3 Å². The van der Waals surface area contributed by atoms with Crippen LogP contribution in [0.25, 0.3) is 0 Å². The van der Waals surface area contributed by atoms with Gasteiger partial charge in [0.25, 0.3) is 0 Å². The summed E-state index contributed by atoms with van der Waals surface area (Å²) in [4.78, 5) is 25.7. The second-order valence-electron chi connectivity index (χ2n) is 3.38. The van der Waals surface area contributed by atoms with Crippen molar-refractivity contribution >= 4 is 23.5 Å². The molecule has 18 heavy (non-hydrogen) atoms. The summed E-state index contributed by atoms with van der Waals surface area (Å²) in [7, 11) is 1.20. The predicted octanol–water partition coefficient (Wildman–Crippen LogP) is 1.65. The van der Waals surface area contributed by atoms with E-state index in [9.17, 15) is 14.0 Å². The zero-order valence-corrected chi connectivity index (χ0v) is 10.6. The summed E-state index contributed by atoms with van der Waals surface area (Å²) in [6, 6.07) is 0. The van der Waals surface area contributed by atoms with Gasteiger partial charge in [0.05, 0.1) is 30.4 Å². The third-order valence-electron chi connectivity index (χ3n) is 2.12. The number of hydrogen-bond donors (Lipinski definition) is 0. The average molecular weight is 276 g/mol. The van der Waals surface area contributed by atoms with Gasteiger partial charge in [-0.1, -0.05) is 11.6 Å².